The van der Waals surface area contributed by atoms with Crippen molar-refractivity contribution >= 4 is 5.97 Å². The first kappa shape index (κ1) is 13.3. The van der Waals surface area contributed by atoms with E-state index in [1.165, 1.54) is 12.0 Å². The van der Waals surface area contributed by atoms with Crippen molar-refractivity contribution in [2.75, 3.05) is 6.79 Å². The van der Waals surface area contributed by atoms with Crippen LogP contribution in [0.25, 0.3) is 0 Å². The van der Waals surface area contributed by atoms with Crippen LogP contribution in [0.1, 0.15) is 24.3 Å². The Labute approximate surface area is 140 Å². The number of fused-ring (bicyclic) bond motifs is 1. The molecule has 5 unspecified atom stereocenters. The summed E-state index contributed by atoms with van der Waals surface area (Å²) < 4.78 is 11.0. The molecule has 4 nitrogen and oxygen atoms in total. The number of aliphatic carboxylic acids is 1. The lowest BCUT2D eigenvalue weighted by Gasteiger charge is -2.59. The molecule has 0 saturated heterocycles. The maximum atomic E-state index is 11.3. The summed E-state index contributed by atoms with van der Waals surface area (Å²) in [4.78, 5) is 11.3. The predicted octanol–water partition coefficient (Wildman–Crippen LogP) is 3.29. The van der Waals surface area contributed by atoms with Crippen LogP contribution in [0.2, 0.25) is 0 Å². The van der Waals surface area contributed by atoms with Gasteiger partial charge in [-0.2, -0.15) is 0 Å². The molecule has 124 valence electrons. The molecule has 24 heavy (non-hydrogen) atoms. The lowest BCUT2D eigenvalue weighted by molar-refractivity contribution is -0.145. The summed E-state index contributed by atoms with van der Waals surface area (Å²) in [5.41, 5.74) is 1.35. The summed E-state index contributed by atoms with van der Waals surface area (Å²) in [5, 5.41) is 9.31. The van der Waals surface area contributed by atoms with Gasteiger partial charge in [0.15, 0.2) is 11.5 Å². The van der Waals surface area contributed by atoms with Gasteiger partial charge in [-0.3, -0.25) is 4.79 Å². The number of hydrogen-bond donors (Lipinski definition) is 1. The van der Waals surface area contributed by atoms with Crippen molar-refractivity contribution in [3.8, 4) is 11.5 Å². The van der Waals surface area contributed by atoms with Gasteiger partial charge in [-0.15, -0.1) is 0 Å². The van der Waals surface area contributed by atoms with E-state index in [0.29, 0.717) is 54.6 Å². The molecule has 3 saturated carbocycles. The van der Waals surface area contributed by atoms with Gasteiger partial charge in [0.05, 0.1) is 0 Å². The summed E-state index contributed by atoms with van der Waals surface area (Å²) in [7, 11) is 0. The largest absolute Gasteiger partial charge is 0.481 e. The molecule has 4 bridgehead atoms. The molecular weight excluding hydrogens is 304 g/mol. The second-order valence-corrected chi connectivity index (χ2v) is 8.16. The molecule has 1 heterocycles. The van der Waals surface area contributed by atoms with Gasteiger partial charge in [-0.1, -0.05) is 18.2 Å². The topological polar surface area (TPSA) is 55.8 Å². The zero-order valence-electron chi connectivity index (χ0n) is 13.3. The van der Waals surface area contributed by atoms with E-state index in [4.69, 9.17) is 9.47 Å². The fraction of sp³-hybridized carbons (Fsp3) is 0.550. The number of hydrogen-bond acceptors (Lipinski definition) is 3. The first-order valence-electron chi connectivity index (χ1n) is 9.02. The maximum absolute atomic E-state index is 11.3. The molecule has 0 radical (unpaired) electrons. The highest BCUT2D eigenvalue weighted by atomic mass is 16.7. The Balaban J connectivity index is 1.40. The summed E-state index contributed by atoms with van der Waals surface area (Å²) in [6, 6.07) is 6.40. The van der Waals surface area contributed by atoms with Crippen LogP contribution in [0.4, 0.5) is 0 Å². The predicted molar refractivity (Wildman–Crippen MR) is 85.7 cm³/mol. The first-order valence-corrected chi connectivity index (χ1v) is 9.02. The third kappa shape index (κ3) is 1.48. The molecule has 0 spiro atoms. The zero-order valence-corrected chi connectivity index (χ0v) is 13.3. The van der Waals surface area contributed by atoms with E-state index in [0.717, 1.165) is 17.4 Å². The smallest absolute Gasteiger partial charge is 0.303 e. The van der Waals surface area contributed by atoms with Crippen LogP contribution in [-0.4, -0.2) is 17.9 Å². The first-order chi connectivity index (χ1) is 11.7. The number of benzene rings is 1. The maximum Gasteiger partial charge on any atom is 0.303 e. The molecule has 0 aromatic heterocycles. The van der Waals surface area contributed by atoms with E-state index >= 15 is 0 Å². The van der Waals surface area contributed by atoms with Gasteiger partial charge in [-0.05, 0) is 71.5 Å². The average molecular weight is 324 g/mol. The van der Waals surface area contributed by atoms with Crippen molar-refractivity contribution in [3.05, 3.63) is 35.9 Å². The van der Waals surface area contributed by atoms with Crippen molar-refractivity contribution in [2.45, 2.75) is 18.8 Å². The van der Waals surface area contributed by atoms with Gasteiger partial charge in [0.2, 0.25) is 6.79 Å². The minimum atomic E-state index is -0.631. The van der Waals surface area contributed by atoms with Gasteiger partial charge in [-0.25, -0.2) is 0 Å². The van der Waals surface area contributed by atoms with Crippen molar-refractivity contribution in [1.82, 2.24) is 0 Å². The van der Waals surface area contributed by atoms with Crippen LogP contribution in [0.5, 0.6) is 11.5 Å². The summed E-state index contributed by atoms with van der Waals surface area (Å²) in [6.07, 6.45) is 6.39. The lowest BCUT2D eigenvalue weighted by atomic mass is 9.45. The Morgan fingerprint density at radius 2 is 1.92 bits per heavy atom. The number of carboxylic acid groups (broad SMARTS) is 1. The molecule has 1 aliphatic heterocycles. The molecular formula is C20H20O4. The van der Waals surface area contributed by atoms with Gasteiger partial charge in [0.25, 0.3) is 0 Å². The summed E-state index contributed by atoms with van der Waals surface area (Å²) in [5.74, 6) is 5.74. The number of allylic oxidation sites excluding steroid dienone is 2. The van der Waals surface area contributed by atoms with Crippen LogP contribution >= 0.6 is 0 Å². The third-order valence-corrected chi connectivity index (χ3v) is 7.53. The van der Waals surface area contributed by atoms with Crippen LogP contribution in [0.15, 0.2) is 30.4 Å². The van der Waals surface area contributed by atoms with Crippen LogP contribution in [-0.2, 0) is 4.79 Å². The van der Waals surface area contributed by atoms with Crippen molar-refractivity contribution in [1.29, 1.82) is 0 Å². The summed E-state index contributed by atoms with van der Waals surface area (Å²) >= 11 is 0. The Morgan fingerprint density at radius 3 is 2.79 bits per heavy atom. The Bertz CT molecular complexity index is 769. The molecule has 4 heteroatoms. The van der Waals surface area contributed by atoms with Crippen LogP contribution < -0.4 is 9.47 Å². The molecule has 1 aromatic carbocycles. The molecule has 0 amide bonds. The van der Waals surface area contributed by atoms with Crippen molar-refractivity contribution < 1.29 is 19.4 Å². The molecule has 1 N–H and O–H groups in total. The quantitative estimate of drug-likeness (QED) is 0.867. The third-order valence-electron chi connectivity index (χ3n) is 7.53. The van der Waals surface area contributed by atoms with Gasteiger partial charge < -0.3 is 14.6 Å². The highest BCUT2D eigenvalue weighted by molar-refractivity contribution is 5.67. The number of rotatable bonds is 3. The Morgan fingerprint density at radius 1 is 1.08 bits per heavy atom. The fourth-order valence-corrected chi connectivity index (χ4v) is 6.93. The molecule has 6 aliphatic rings. The number of carboxylic acids is 1. The second-order valence-electron chi connectivity index (χ2n) is 8.16. The van der Waals surface area contributed by atoms with E-state index in [2.05, 4.69) is 24.3 Å². The van der Waals surface area contributed by atoms with E-state index in [1.807, 2.05) is 6.07 Å². The SMILES string of the molecule is O=C(O)CC1C2C3C=C[C@H]4C2[C@@H]1C[C@H]4C3c1ccc2c(c1)OCO2. The molecule has 7 rings (SSSR count). The lowest BCUT2D eigenvalue weighted by Crippen LogP contribution is -2.55. The van der Waals surface area contributed by atoms with Crippen molar-refractivity contribution in [3.63, 3.8) is 0 Å². The Hall–Kier alpha value is -1.97. The Kier molecular flexibility index (Phi) is 2.42. The van der Waals surface area contributed by atoms with Gasteiger partial charge in [0, 0.05) is 6.42 Å². The normalized spacial score (nSPS) is 45.3. The molecule has 5 aliphatic carbocycles. The van der Waals surface area contributed by atoms with E-state index in [1.54, 1.807) is 0 Å². The molecule has 3 fully saturated rings. The minimum absolute atomic E-state index is 0.312. The zero-order chi connectivity index (χ0) is 16.0. The highest BCUT2D eigenvalue weighted by Gasteiger charge is 2.68. The van der Waals surface area contributed by atoms with E-state index < -0.39 is 5.97 Å². The van der Waals surface area contributed by atoms with Gasteiger partial charge >= 0.3 is 5.97 Å². The average Bonchev–Trinajstić information content (AvgIpc) is 3.12. The van der Waals surface area contributed by atoms with Crippen LogP contribution in [0, 0.1) is 41.4 Å². The number of ether oxygens (including phenoxy) is 2. The highest BCUT2D eigenvalue weighted by Crippen LogP contribution is 2.74. The van der Waals surface area contributed by atoms with Gasteiger partial charge in [0.1, 0.15) is 0 Å². The minimum Gasteiger partial charge on any atom is -0.481 e. The summed E-state index contributed by atoms with van der Waals surface area (Å²) in [6.45, 7) is 0.312. The number of carbonyl (C=O) groups is 1. The van der Waals surface area contributed by atoms with E-state index in [9.17, 15) is 9.90 Å². The monoisotopic (exact) mass is 324 g/mol. The molecule has 8 atom stereocenters. The van der Waals surface area contributed by atoms with Crippen molar-refractivity contribution in [2.24, 2.45) is 41.4 Å². The van der Waals surface area contributed by atoms with E-state index in [-0.39, 0.29) is 0 Å². The standard InChI is InChI=1S/C20H20O4/c21-17(22)7-14-13-6-12-10-2-3-11(20(14)19(10)13)18(12)9-1-4-15-16(5-9)24-8-23-15/h1-5,10-14,18-20H,6-8H2,(H,21,22)/t10-,11?,12-,13-,14?,18?,19?,20?/m1/s1. The van der Waals surface area contributed by atoms with Crippen LogP contribution in [0.3, 0.4) is 0 Å². The molecule has 1 aromatic rings. The second kappa shape index (κ2) is 4.35. The fourth-order valence-electron chi connectivity index (χ4n) is 6.93.